The molecule has 2 rings (SSSR count). The minimum atomic E-state index is -1.49. The standard InChI is InChI=1S/C12H10N2O3S/c15-10(11(16)17)14(12-13-6-7-18-12)8-9-4-2-1-3-5-9/h1-7H,8H2,(H,16,17). The summed E-state index contributed by atoms with van der Waals surface area (Å²) in [5.41, 5.74) is 0.849. The van der Waals surface area contributed by atoms with Gasteiger partial charge < -0.3 is 5.11 Å². The van der Waals surface area contributed by atoms with Crippen molar-refractivity contribution >= 4 is 28.3 Å². The summed E-state index contributed by atoms with van der Waals surface area (Å²) >= 11 is 1.23. The lowest BCUT2D eigenvalue weighted by atomic mass is 10.2. The van der Waals surface area contributed by atoms with Gasteiger partial charge in [0.05, 0.1) is 6.54 Å². The molecule has 2 aromatic rings. The fourth-order valence-electron chi connectivity index (χ4n) is 1.46. The molecule has 0 aliphatic rings. The van der Waals surface area contributed by atoms with Crippen LogP contribution in [-0.4, -0.2) is 22.0 Å². The average molecular weight is 262 g/mol. The van der Waals surface area contributed by atoms with Crippen molar-refractivity contribution in [1.29, 1.82) is 0 Å². The molecule has 0 unspecified atom stereocenters. The number of carbonyl (C=O) groups is 2. The van der Waals surface area contributed by atoms with Crippen LogP contribution in [0.15, 0.2) is 41.9 Å². The maximum atomic E-state index is 11.6. The van der Waals surface area contributed by atoms with Crippen LogP contribution < -0.4 is 4.90 Å². The van der Waals surface area contributed by atoms with E-state index in [4.69, 9.17) is 5.11 Å². The minimum Gasteiger partial charge on any atom is -0.474 e. The molecule has 18 heavy (non-hydrogen) atoms. The third kappa shape index (κ3) is 2.72. The van der Waals surface area contributed by atoms with E-state index in [0.29, 0.717) is 5.13 Å². The first-order valence-corrected chi connectivity index (χ1v) is 6.04. The van der Waals surface area contributed by atoms with Crippen LogP contribution in [0, 0.1) is 0 Å². The van der Waals surface area contributed by atoms with E-state index >= 15 is 0 Å². The zero-order valence-corrected chi connectivity index (χ0v) is 10.1. The first-order valence-electron chi connectivity index (χ1n) is 5.16. The molecule has 1 heterocycles. The van der Waals surface area contributed by atoms with Crippen LogP contribution in [-0.2, 0) is 16.1 Å². The van der Waals surface area contributed by atoms with Crippen molar-refractivity contribution in [3.63, 3.8) is 0 Å². The monoisotopic (exact) mass is 262 g/mol. The molecule has 0 saturated carbocycles. The number of carbonyl (C=O) groups excluding carboxylic acids is 1. The number of rotatable bonds is 3. The van der Waals surface area contributed by atoms with Crippen LogP contribution in [0.25, 0.3) is 0 Å². The van der Waals surface area contributed by atoms with Crippen molar-refractivity contribution < 1.29 is 14.7 Å². The molecule has 0 fully saturated rings. The normalized spacial score (nSPS) is 10.0. The van der Waals surface area contributed by atoms with Crippen molar-refractivity contribution in [3.05, 3.63) is 47.5 Å². The van der Waals surface area contributed by atoms with Gasteiger partial charge in [-0.05, 0) is 5.56 Å². The van der Waals surface area contributed by atoms with Gasteiger partial charge in [-0.3, -0.25) is 9.69 Å². The predicted octanol–water partition coefficient (Wildman–Crippen LogP) is 1.76. The second kappa shape index (κ2) is 5.42. The van der Waals surface area contributed by atoms with Crippen LogP contribution in [0.2, 0.25) is 0 Å². The van der Waals surface area contributed by atoms with Gasteiger partial charge in [-0.1, -0.05) is 30.3 Å². The van der Waals surface area contributed by atoms with Gasteiger partial charge in [0.2, 0.25) is 0 Å². The number of nitrogens with zero attached hydrogens (tertiary/aromatic N) is 2. The van der Waals surface area contributed by atoms with Crippen LogP contribution >= 0.6 is 11.3 Å². The van der Waals surface area contributed by atoms with Crippen LogP contribution in [0.4, 0.5) is 5.13 Å². The highest BCUT2D eigenvalue weighted by Gasteiger charge is 2.24. The molecule has 0 bridgehead atoms. The largest absolute Gasteiger partial charge is 0.474 e. The summed E-state index contributed by atoms with van der Waals surface area (Å²) in [6.45, 7) is 0.194. The Kier molecular flexibility index (Phi) is 3.69. The van der Waals surface area contributed by atoms with Crippen LogP contribution in [0.5, 0.6) is 0 Å². The molecule has 0 aliphatic carbocycles. The SMILES string of the molecule is O=C(O)C(=O)N(Cc1ccccc1)c1nccs1. The highest BCUT2D eigenvalue weighted by Crippen LogP contribution is 2.20. The molecule has 0 atom stereocenters. The smallest absolute Gasteiger partial charge is 0.395 e. The molecule has 92 valence electrons. The number of carboxylic acid groups (broad SMARTS) is 1. The van der Waals surface area contributed by atoms with Crippen molar-refractivity contribution in [1.82, 2.24) is 4.98 Å². The molecule has 1 aromatic heterocycles. The molecule has 5 nitrogen and oxygen atoms in total. The van der Waals surface area contributed by atoms with Gasteiger partial charge in [0.15, 0.2) is 5.13 Å². The Bertz CT molecular complexity index is 540. The molecule has 1 N–H and O–H groups in total. The number of hydrogen-bond acceptors (Lipinski definition) is 4. The van der Waals surface area contributed by atoms with E-state index in [-0.39, 0.29) is 6.54 Å². The quantitative estimate of drug-likeness (QED) is 0.856. The lowest BCUT2D eigenvalue weighted by Crippen LogP contribution is -2.35. The number of thiazole rings is 1. The summed E-state index contributed by atoms with van der Waals surface area (Å²) < 4.78 is 0. The molecule has 0 saturated heterocycles. The van der Waals surface area contributed by atoms with E-state index in [0.717, 1.165) is 10.5 Å². The highest BCUT2D eigenvalue weighted by molar-refractivity contribution is 7.13. The fraction of sp³-hybridized carbons (Fsp3) is 0.0833. The van der Waals surface area contributed by atoms with Gasteiger partial charge in [-0.2, -0.15) is 0 Å². The Labute approximate surface area is 107 Å². The Morgan fingerprint density at radius 1 is 1.28 bits per heavy atom. The van der Waals surface area contributed by atoms with Crippen molar-refractivity contribution in [2.24, 2.45) is 0 Å². The molecule has 6 heteroatoms. The predicted molar refractivity (Wildman–Crippen MR) is 67.4 cm³/mol. The topological polar surface area (TPSA) is 70.5 Å². The first kappa shape index (κ1) is 12.3. The number of hydrogen-bond donors (Lipinski definition) is 1. The third-order valence-electron chi connectivity index (χ3n) is 2.26. The molecule has 0 aliphatic heterocycles. The van der Waals surface area contributed by atoms with E-state index in [2.05, 4.69) is 4.98 Å². The van der Waals surface area contributed by atoms with E-state index in [1.54, 1.807) is 5.38 Å². The molecular formula is C12H10N2O3S. The Morgan fingerprint density at radius 3 is 2.56 bits per heavy atom. The molecule has 0 spiro atoms. The lowest BCUT2D eigenvalue weighted by Gasteiger charge is -2.17. The lowest BCUT2D eigenvalue weighted by molar-refractivity contribution is -0.148. The second-order valence-corrected chi connectivity index (χ2v) is 4.37. The summed E-state index contributed by atoms with van der Waals surface area (Å²) in [6.07, 6.45) is 1.53. The number of aliphatic carboxylic acids is 1. The molecular weight excluding hydrogens is 252 g/mol. The maximum absolute atomic E-state index is 11.6. The van der Waals surface area contributed by atoms with E-state index in [9.17, 15) is 9.59 Å². The van der Waals surface area contributed by atoms with E-state index < -0.39 is 11.9 Å². The summed E-state index contributed by atoms with van der Waals surface area (Å²) in [5, 5.41) is 10.9. The van der Waals surface area contributed by atoms with Crippen molar-refractivity contribution in [2.75, 3.05) is 4.90 Å². The van der Waals surface area contributed by atoms with E-state index in [1.165, 1.54) is 17.5 Å². The van der Waals surface area contributed by atoms with Gasteiger partial charge in [0, 0.05) is 11.6 Å². The fourth-order valence-corrected chi connectivity index (χ4v) is 2.10. The Hall–Kier alpha value is -2.21. The Balaban J connectivity index is 2.26. The first-order chi connectivity index (χ1) is 8.68. The van der Waals surface area contributed by atoms with Gasteiger partial charge in [-0.25, -0.2) is 9.78 Å². The second-order valence-electron chi connectivity index (χ2n) is 3.50. The van der Waals surface area contributed by atoms with Gasteiger partial charge >= 0.3 is 11.9 Å². The summed E-state index contributed by atoms with van der Waals surface area (Å²) in [5.74, 6) is -2.46. The number of anilines is 1. The Morgan fingerprint density at radius 2 is 2.00 bits per heavy atom. The van der Waals surface area contributed by atoms with Crippen LogP contribution in [0.3, 0.4) is 0 Å². The van der Waals surface area contributed by atoms with Crippen molar-refractivity contribution in [3.8, 4) is 0 Å². The zero-order valence-electron chi connectivity index (χ0n) is 9.31. The number of amides is 1. The van der Waals surface area contributed by atoms with Gasteiger partial charge in [-0.15, -0.1) is 11.3 Å². The molecule has 1 aromatic carbocycles. The van der Waals surface area contributed by atoms with Gasteiger partial charge in [0.1, 0.15) is 0 Å². The number of aromatic nitrogens is 1. The molecule has 0 radical (unpaired) electrons. The summed E-state index contributed by atoms with van der Waals surface area (Å²) in [7, 11) is 0. The summed E-state index contributed by atoms with van der Waals surface area (Å²) in [4.78, 5) is 27.6. The molecule has 1 amide bonds. The average Bonchev–Trinajstić information content (AvgIpc) is 2.90. The minimum absolute atomic E-state index is 0.194. The highest BCUT2D eigenvalue weighted by atomic mass is 32.1. The van der Waals surface area contributed by atoms with Crippen LogP contribution in [0.1, 0.15) is 5.56 Å². The third-order valence-corrected chi connectivity index (χ3v) is 3.06. The van der Waals surface area contributed by atoms with Crippen molar-refractivity contribution in [2.45, 2.75) is 6.54 Å². The maximum Gasteiger partial charge on any atom is 0.395 e. The zero-order chi connectivity index (χ0) is 13.0. The number of carboxylic acids is 1. The van der Waals surface area contributed by atoms with Gasteiger partial charge in [0.25, 0.3) is 0 Å². The summed E-state index contributed by atoms with van der Waals surface area (Å²) in [6, 6.07) is 9.18. The van der Waals surface area contributed by atoms with E-state index in [1.807, 2.05) is 30.3 Å². The number of benzene rings is 1.